The van der Waals surface area contributed by atoms with Crippen molar-refractivity contribution in [1.82, 2.24) is 9.80 Å². The molecule has 3 aromatic rings. The van der Waals surface area contributed by atoms with E-state index in [1.807, 2.05) is 36.4 Å². The van der Waals surface area contributed by atoms with Crippen LogP contribution in [0.3, 0.4) is 0 Å². The fraction of sp³-hybridized carbons (Fsp3) is 0.200. The fourth-order valence-corrected chi connectivity index (χ4v) is 3.19. The number of rotatable bonds is 10. The topological polar surface area (TPSA) is 53.8 Å². The lowest BCUT2D eigenvalue weighted by atomic mass is 10.1. The van der Waals surface area contributed by atoms with Gasteiger partial charge in [-0.25, -0.2) is 4.39 Å². The molecule has 0 aliphatic rings. The lowest BCUT2D eigenvalue weighted by Gasteiger charge is -2.27. The zero-order chi connectivity index (χ0) is 22.1. The number of hydrogen-bond donors (Lipinski definition) is 0. The number of hydrogen-bond acceptors (Lipinski definition) is 3. The van der Waals surface area contributed by atoms with Crippen LogP contribution < -0.4 is 0 Å². The molecular formula is C25H25FN2O3. The maximum Gasteiger partial charge on any atom is 0.242 e. The van der Waals surface area contributed by atoms with E-state index in [1.54, 1.807) is 35.4 Å². The zero-order valence-electron chi connectivity index (χ0n) is 17.2. The number of amides is 2. The first-order valence-corrected chi connectivity index (χ1v) is 10.0. The summed E-state index contributed by atoms with van der Waals surface area (Å²) in [6.45, 7) is 4.55. The summed E-state index contributed by atoms with van der Waals surface area (Å²) in [6.07, 6.45) is 3.24. The molecule has 0 aliphatic heterocycles. The second kappa shape index (κ2) is 10.9. The molecule has 0 radical (unpaired) electrons. The van der Waals surface area contributed by atoms with Crippen LogP contribution in [0.2, 0.25) is 0 Å². The Hall–Kier alpha value is -3.67. The van der Waals surface area contributed by atoms with E-state index in [4.69, 9.17) is 4.42 Å². The minimum Gasteiger partial charge on any atom is -0.467 e. The lowest BCUT2D eigenvalue weighted by Crippen LogP contribution is -2.43. The first kappa shape index (κ1) is 22.0. The minimum atomic E-state index is -0.358. The SMILES string of the molecule is C=CCN(CC(=O)N(Cc1ccccc1)Cc1ccco1)C(=O)Cc1ccc(F)cc1. The van der Waals surface area contributed by atoms with Gasteiger partial charge in [-0.1, -0.05) is 48.5 Å². The van der Waals surface area contributed by atoms with Crippen molar-refractivity contribution < 1.29 is 18.4 Å². The molecule has 1 heterocycles. The minimum absolute atomic E-state index is 0.0816. The van der Waals surface area contributed by atoms with Crippen LogP contribution in [0.1, 0.15) is 16.9 Å². The summed E-state index contributed by atoms with van der Waals surface area (Å²) in [5.41, 5.74) is 1.67. The van der Waals surface area contributed by atoms with E-state index in [0.717, 1.165) is 5.56 Å². The lowest BCUT2D eigenvalue weighted by molar-refractivity contribution is -0.140. The highest BCUT2D eigenvalue weighted by Gasteiger charge is 2.22. The molecule has 0 aliphatic carbocycles. The Morgan fingerprint density at radius 2 is 1.61 bits per heavy atom. The summed E-state index contributed by atoms with van der Waals surface area (Å²) < 4.78 is 18.6. The molecule has 0 saturated heterocycles. The summed E-state index contributed by atoms with van der Waals surface area (Å²) in [7, 11) is 0. The van der Waals surface area contributed by atoms with Gasteiger partial charge in [0.05, 0.1) is 19.2 Å². The molecule has 0 spiro atoms. The number of carbonyl (C=O) groups excluding carboxylic acids is 2. The smallest absolute Gasteiger partial charge is 0.242 e. The number of furan rings is 1. The molecule has 2 aromatic carbocycles. The first-order valence-electron chi connectivity index (χ1n) is 10.0. The Kier molecular flexibility index (Phi) is 7.76. The third-order valence-electron chi connectivity index (χ3n) is 4.79. The van der Waals surface area contributed by atoms with E-state index in [9.17, 15) is 14.0 Å². The van der Waals surface area contributed by atoms with Gasteiger partial charge in [0, 0.05) is 13.1 Å². The summed E-state index contributed by atoms with van der Waals surface area (Å²) in [5, 5.41) is 0. The Balaban J connectivity index is 1.71. The Morgan fingerprint density at radius 3 is 2.26 bits per heavy atom. The molecule has 0 N–H and O–H groups in total. The molecule has 0 unspecified atom stereocenters. The van der Waals surface area contributed by atoms with Gasteiger partial charge in [0.1, 0.15) is 18.1 Å². The van der Waals surface area contributed by atoms with Crippen LogP contribution in [0.25, 0.3) is 0 Å². The quantitative estimate of drug-likeness (QED) is 0.462. The van der Waals surface area contributed by atoms with Crippen LogP contribution in [0.5, 0.6) is 0 Å². The van der Waals surface area contributed by atoms with E-state index in [2.05, 4.69) is 6.58 Å². The van der Waals surface area contributed by atoms with Gasteiger partial charge >= 0.3 is 0 Å². The van der Waals surface area contributed by atoms with Crippen molar-refractivity contribution in [2.24, 2.45) is 0 Å². The Labute approximate surface area is 181 Å². The Morgan fingerprint density at radius 1 is 0.871 bits per heavy atom. The van der Waals surface area contributed by atoms with Gasteiger partial charge in [-0.3, -0.25) is 9.59 Å². The molecule has 0 fully saturated rings. The second-order valence-corrected chi connectivity index (χ2v) is 7.18. The van der Waals surface area contributed by atoms with Crippen molar-refractivity contribution >= 4 is 11.8 Å². The van der Waals surface area contributed by atoms with Gasteiger partial charge < -0.3 is 14.2 Å². The fourth-order valence-electron chi connectivity index (χ4n) is 3.19. The van der Waals surface area contributed by atoms with Crippen molar-refractivity contribution in [2.75, 3.05) is 13.1 Å². The molecular weight excluding hydrogens is 395 g/mol. The molecule has 160 valence electrons. The van der Waals surface area contributed by atoms with E-state index in [0.29, 0.717) is 24.4 Å². The van der Waals surface area contributed by atoms with Gasteiger partial charge in [-0.2, -0.15) is 0 Å². The normalized spacial score (nSPS) is 10.5. The summed E-state index contributed by atoms with van der Waals surface area (Å²) in [6, 6.07) is 19.0. The highest BCUT2D eigenvalue weighted by atomic mass is 19.1. The maximum atomic E-state index is 13.2. The molecule has 31 heavy (non-hydrogen) atoms. The first-order chi connectivity index (χ1) is 15.0. The molecule has 0 atom stereocenters. The van der Waals surface area contributed by atoms with Crippen molar-refractivity contribution in [3.05, 3.63) is 108 Å². The van der Waals surface area contributed by atoms with Gasteiger partial charge in [0.25, 0.3) is 0 Å². The van der Waals surface area contributed by atoms with Gasteiger partial charge in [-0.15, -0.1) is 6.58 Å². The van der Waals surface area contributed by atoms with Crippen LogP contribution in [-0.4, -0.2) is 34.7 Å². The monoisotopic (exact) mass is 420 g/mol. The molecule has 3 rings (SSSR count). The predicted octanol–water partition coefficient (Wildman–Crippen LogP) is 4.20. The standard InChI is InChI=1S/C25H25FN2O3/c1-2-14-27(24(29)16-20-10-12-22(26)13-11-20)19-25(30)28(18-23-9-6-15-31-23)17-21-7-4-3-5-8-21/h2-13,15H,1,14,16-19H2. The molecule has 5 nitrogen and oxygen atoms in total. The predicted molar refractivity (Wildman–Crippen MR) is 116 cm³/mol. The van der Waals surface area contributed by atoms with Gasteiger partial charge in [0.15, 0.2) is 0 Å². The molecule has 0 saturated carbocycles. The average Bonchev–Trinajstić information content (AvgIpc) is 3.28. The average molecular weight is 420 g/mol. The highest BCUT2D eigenvalue weighted by Crippen LogP contribution is 2.12. The second-order valence-electron chi connectivity index (χ2n) is 7.18. The van der Waals surface area contributed by atoms with Gasteiger partial charge in [-0.05, 0) is 35.4 Å². The molecule has 1 aromatic heterocycles. The highest BCUT2D eigenvalue weighted by molar-refractivity contribution is 5.86. The van der Waals surface area contributed by atoms with Crippen LogP contribution in [0, 0.1) is 5.82 Å². The number of carbonyl (C=O) groups is 2. The van der Waals surface area contributed by atoms with E-state index in [-0.39, 0.29) is 37.1 Å². The van der Waals surface area contributed by atoms with Crippen LogP contribution in [0.4, 0.5) is 4.39 Å². The summed E-state index contributed by atoms with van der Waals surface area (Å²) in [4.78, 5) is 29.1. The zero-order valence-corrected chi connectivity index (χ0v) is 17.2. The van der Waals surface area contributed by atoms with Crippen molar-refractivity contribution in [3.8, 4) is 0 Å². The van der Waals surface area contributed by atoms with Crippen molar-refractivity contribution in [3.63, 3.8) is 0 Å². The molecule has 0 bridgehead atoms. The van der Waals surface area contributed by atoms with Crippen molar-refractivity contribution in [1.29, 1.82) is 0 Å². The molecule has 2 amide bonds. The molecule has 6 heteroatoms. The van der Waals surface area contributed by atoms with Crippen LogP contribution in [0.15, 0.2) is 90.1 Å². The number of benzene rings is 2. The van der Waals surface area contributed by atoms with Crippen LogP contribution >= 0.6 is 0 Å². The van der Waals surface area contributed by atoms with E-state index < -0.39 is 0 Å². The van der Waals surface area contributed by atoms with Crippen molar-refractivity contribution in [2.45, 2.75) is 19.5 Å². The third kappa shape index (κ3) is 6.67. The number of halogens is 1. The third-order valence-corrected chi connectivity index (χ3v) is 4.79. The number of nitrogens with zero attached hydrogens (tertiary/aromatic N) is 2. The van der Waals surface area contributed by atoms with E-state index in [1.165, 1.54) is 17.0 Å². The van der Waals surface area contributed by atoms with Crippen LogP contribution in [-0.2, 0) is 29.1 Å². The maximum absolute atomic E-state index is 13.2. The summed E-state index contributed by atoms with van der Waals surface area (Å²) in [5.74, 6) is -0.118. The largest absolute Gasteiger partial charge is 0.467 e. The summed E-state index contributed by atoms with van der Waals surface area (Å²) >= 11 is 0. The Bertz CT molecular complexity index is 985. The van der Waals surface area contributed by atoms with Gasteiger partial charge in [0.2, 0.25) is 11.8 Å². The van der Waals surface area contributed by atoms with E-state index >= 15 is 0 Å².